The maximum Gasteiger partial charge on any atom is 0.342 e. The van der Waals surface area contributed by atoms with Gasteiger partial charge in [0.05, 0.1) is 72.4 Å². The average Bonchev–Trinajstić information content (AvgIpc) is 4.19. The Balaban J connectivity index is 0.000000162. The summed E-state index contributed by atoms with van der Waals surface area (Å²) < 4.78 is 48.3. The lowest BCUT2D eigenvalue weighted by atomic mass is 9.95. The number of hydrogen-bond acceptors (Lipinski definition) is 14. The van der Waals surface area contributed by atoms with Crippen molar-refractivity contribution in [3.63, 3.8) is 0 Å². The quantitative estimate of drug-likeness (QED) is 0.118. The van der Waals surface area contributed by atoms with Gasteiger partial charge in [0.2, 0.25) is 0 Å². The molecule has 0 unspecified atom stereocenters. The van der Waals surface area contributed by atoms with Crippen molar-refractivity contribution < 1.29 is 46.4 Å². The number of rotatable bonds is 10. The molecule has 16 heteroatoms. The van der Waals surface area contributed by atoms with Gasteiger partial charge in [0, 0.05) is 53.8 Å². The van der Waals surface area contributed by atoms with E-state index < -0.39 is 5.97 Å². The van der Waals surface area contributed by atoms with Gasteiger partial charge in [-0.05, 0) is 103 Å². The van der Waals surface area contributed by atoms with Crippen molar-refractivity contribution in [2.24, 2.45) is 0 Å². The molecule has 0 spiro atoms. The smallest absolute Gasteiger partial charge is 0.342 e. The Morgan fingerprint density at radius 3 is 1.77 bits per heavy atom. The first-order valence-electron chi connectivity index (χ1n) is 21.4. The minimum absolute atomic E-state index is 0.133. The van der Waals surface area contributed by atoms with E-state index >= 15 is 0 Å². The molecule has 0 aromatic carbocycles. The number of furan rings is 2. The van der Waals surface area contributed by atoms with Crippen LogP contribution in [0.3, 0.4) is 0 Å². The number of nitrogens with zero attached hydrogens (tertiary/aromatic N) is 6. The lowest BCUT2D eigenvalue weighted by molar-refractivity contribution is 0.0509. The molecule has 10 heterocycles. The predicted octanol–water partition coefficient (Wildman–Crippen LogP) is 9.78. The SMILES string of the molecule is CCOC(=O)c1cc(-c2ccn3ncc(-c4c(C)noc4C)c3c2)oc1C1=CCOCC1.CCOC(=O)c1cc(-c2ccn3ncc(-c4c(C)noc4C)c3c2)oc1C1CCOCC1. The van der Waals surface area contributed by atoms with E-state index in [1.54, 1.807) is 41.2 Å². The van der Waals surface area contributed by atoms with Crippen molar-refractivity contribution in [3.05, 3.63) is 113 Å². The molecule has 10 rings (SSSR count). The van der Waals surface area contributed by atoms with E-state index in [4.69, 9.17) is 36.8 Å². The molecular formula is C48H48N6O10. The summed E-state index contributed by atoms with van der Waals surface area (Å²) in [6.07, 6.45) is 11.6. The Kier molecular flexibility index (Phi) is 11.9. The third kappa shape index (κ3) is 8.05. The van der Waals surface area contributed by atoms with E-state index in [9.17, 15) is 9.59 Å². The lowest BCUT2D eigenvalue weighted by Crippen LogP contribution is -2.16. The number of esters is 2. The normalized spacial score (nSPS) is 14.4. The van der Waals surface area contributed by atoms with Crippen LogP contribution in [0.4, 0.5) is 0 Å². The molecule has 0 amide bonds. The summed E-state index contributed by atoms with van der Waals surface area (Å²) in [4.78, 5) is 25.3. The van der Waals surface area contributed by atoms with Gasteiger partial charge in [-0.3, -0.25) is 0 Å². The summed E-state index contributed by atoms with van der Waals surface area (Å²) in [6.45, 7) is 14.2. The Labute approximate surface area is 367 Å². The highest BCUT2D eigenvalue weighted by Gasteiger charge is 2.29. The Hall–Kier alpha value is -7.04. The number of pyridine rings is 2. The van der Waals surface area contributed by atoms with Crippen molar-refractivity contribution in [2.75, 3.05) is 39.6 Å². The average molecular weight is 869 g/mol. The largest absolute Gasteiger partial charge is 0.462 e. The van der Waals surface area contributed by atoms with Crippen LogP contribution in [0.5, 0.6) is 0 Å². The highest BCUT2D eigenvalue weighted by Crippen LogP contribution is 2.39. The number of fused-ring (bicyclic) bond motifs is 2. The number of carbonyl (C=O) groups excluding carboxylic acids is 2. The highest BCUT2D eigenvalue weighted by molar-refractivity contribution is 5.96. The molecule has 1 saturated heterocycles. The number of aryl methyl sites for hydroxylation is 4. The molecule has 8 aromatic rings. The summed E-state index contributed by atoms with van der Waals surface area (Å²) in [7, 11) is 0. The Bertz CT molecular complexity index is 2980. The fraction of sp³-hybridized carbons (Fsp3) is 0.333. The van der Waals surface area contributed by atoms with Crippen LogP contribution in [-0.4, -0.2) is 81.1 Å². The fourth-order valence-electron chi connectivity index (χ4n) is 8.43. The number of ether oxygens (including phenoxy) is 4. The summed E-state index contributed by atoms with van der Waals surface area (Å²) in [5.74, 6) is 3.30. The van der Waals surface area contributed by atoms with Crippen LogP contribution in [0.1, 0.15) is 94.2 Å². The standard InChI is InChI=1S/C24H25N3O5.C24H23N3O5/c2*1-4-30-24(28)18-12-21(31-23(18)16-6-9-29-10-7-16)17-5-8-27-20(11-17)19(13-25-27)22-14(2)26-32-15(22)3/h5,8,11-13,16H,4,6-7,9-10H2,1-3H3;5-6,8,11-13H,4,7,9-10H2,1-3H3. The van der Waals surface area contributed by atoms with Crippen LogP contribution in [0, 0.1) is 27.7 Å². The summed E-state index contributed by atoms with van der Waals surface area (Å²) in [5, 5.41) is 17.1. The maximum absolute atomic E-state index is 12.7. The van der Waals surface area contributed by atoms with E-state index in [0.29, 0.717) is 80.2 Å². The maximum atomic E-state index is 12.7. The van der Waals surface area contributed by atoms with Gasteiger partial charge in [-0.1, -0.05) is 16.4 Å². The molecule has 2 aliphatic heterocycles. The molecule has 0 bridgehead atoms. The van der Waals surface area contributed by atoms with Gasteiger partial charge in [-0.2, -0.15) is 10.2 Å². The molecule has 0 saturated carbocycles. The van der Waals surface area contributed by atoms with Crippen LogP contribution in [-0.2, 0) is 18.9 Å². The monoisotopic (exact) mass is 868 g/mol. The zero-order chi connectivity index (χ0) is 44.5. The van der Waals surface area contributed by atoms with Crippen molar-refractivity contribution in [2.45, 2.75) is 66.7 Å². The summed E-state index contributed by atoms with van der Waals surface area (Å²) in [5.41, 5.74) is 10.7. The second kappa shape index (κ2) is 18.0. The van der Waals surface area contributed by atoms with Crippen molar-refractivity contribution >= 4 is 28.5 Å². The highest BCUT2D eigenvalue weighted by atomic mass is 16.5. The van der Waals surface area contributed by atoms with Crippen LogP contribution in [0.25, 0.3) is 61.5 Å². The van der Waals surface area contributed by atoms with Gasteiger partial charge in [0.25, 0.3) is 0 Å². The molecule has 330 valence electrons. The first-order valence-corrected chi connectivity index (χ1v) is 21.4. The molecule has 16 nitrogen and oxygen atoms in total. The molecule has 0 aliphatic carbocycles. The Morgan fingerprint density at radius 2 is 1.25 bits per heavy atom. The summed E-state index contributed by atoms with van der Waals surface area (Å²) >= 11 is 0. The molecule has 1 fully saturated rings. The zero-order valence-electron chi connectivity index (χ0n) is 36.6. The molecule has 0 atom stereocenters. The van der Waals surface area contributed by atoms with Crippen LogP contribution >= 0.6 is 0 Å². The molecule has 8 aromatic heterocycles. The van der Waals surface area contributed by atoms with Gasteiger partial charge >= 0.3 is 11.9 Å². The zero-order valence-corrected chi connectivity index (χ0v) is 36.6. The van der Waals surface area contributed by atoms with Gasteiger partial charge in [-0.15, -0.1) is 0 Å². The van der Waals surface area contributed by atoms with Gasteiger partial charge in [-0.25, -0.2) is 18.6 Å². The third-order valence-corrected chi connectivity index (χ3v) is 11.5. The molecule has 2 aliphatic rings. The number of hydrogen-bond donors (Lipinski definition) is 0. The molecular weight excluding hydrogens is 821 g/mol. The fourth-order valence-corrected chi connectivity index (χ4v) is 8.43. The molecule has 0 N–H and O–H groups in total. The van der Waals surface area contributed by atoms with E-state index in [0.717, 1.165) is 85.7 Å². The summed E-state index contributed by atoms with van der Waals surface area (Å²) in [6, 6.07) is 11.4. The Morgan fingerprint density at radius 1 is 0.703 bits per heavy atom. The van der Waals surface area contributed by atoms with Crippen molar-refractivity contribution in [1.82, 2.24) is 29.5 Å². The van der Waals surface area contributed by atoms with E-state index in [1.165, 1.54) is 0 Å². The van der Waals surface area contributed by atoms with E-state index in [2.05, 4.69) is 20.5 Å². The van der Waals surface area contributed by atoms with Gasteiger partial charge in [0.1, 0.15) is 45.7 Å². The predicted molar refractivity (Wildman–Crippen MR) is 234 cm³/mol. The first kappa shape index (κ1) is 42.3. The van der Waals surface area contributed by atoms with Gasteiger partial charge in [0.15, 0.2) is 0 Å². The number of carbonyl (C=O) groups is 2. The van der Waals surface area contributed by atoms with Crippen LogP contribution < -0.4 is 0 Å². The van der Waals surface area contributed by atoms with Crippen molar-refractivity contribution in [1.29, 1.82) is 0 Å². The van der Waals surface area contributed by atoms with Gasteiger partial charge < -0.3 is 36.8 Å². The minimum Gasteiger partial charge on any atom is -0.462 e. The second-order valence-electron chi connectivity index (χ2n) is 15.6. The second-order valence-corrected chi connectivity index (χ2v) is 15.6. The van der Waals surface area contributed by atoms with Crippen LogP contribution in [0.2, 0.25) is 0 Å². The van der Waals surface area contributed by atoms with Crippen LogP contribution in [0.15, 0.2) is 85.1 Å². The van der Waals surface area contributed by atoms with Crippen molar-refractivity contribution in [3.8, 4) is 44.9 Å². The third-order valence-electron chi connectivity index (χ3n) is 11.5. The lowest BCUT2D eigenvalue weighted by Gasteiger charge is -2.20. The number of aromatic nitrogens is 6. The first-order chi connectivity index (χ1) is 31.1. The van der Waals surface area contributed by atoms with E-state index in [-0.39, 0.29) is 11.9 Å². The minimum atomic E-state index is -0.397. The molecule has 64 heavy (non-hydrogen) atoms. The molecule has 0 radical (unpaired) electrons. The van der Waals surface area contributed by atoms with E-state index in [1.807, 2.05) is 76.6 Å². The topological polar surface area (TPSA) is 184 Å².